The summed E-state index contributed by atoms with van der Waals surface area (Å²) in [7, 11) is 1.51. The number of rotatable bonds is 5. The highest BCUT2D eigenvalue weighted by molar-refractivity contribution is 6.13. The van der Waals surface area contributed by atoms with Crippen molar-refractivity contribution in [2.45, 2.75) is 33.1 Å². The molecule has 0 aliphatic carbocycles. The monoisotopic (exact) mass is 455 g/mol. The highest BCUT2D eigenvalue weighted by Gasteiger charge is 2.34. The van der Waals surface area contributed by atoms with E-state index in [1.54, 1.807) is 34.9 Å². The summed E-state index contributed by atoms with van der Waals surface area (Å²) in [6.45, 7) is 5.68. The molecule has 0 unspecified atom stereocenters. The standard InChI is InChI=1S/C25H24F3N3O2/c1-14(2)19-12-17(26)6-8-21(19)30-13-31(20-9-10-23(33-4)29-15(20)3)25(32)18-7-5-16(24(27)28)11-22(18)30/h5-12,14,24H,13H2,1-4H3. The molecule has 5 nitrogen and oxygen atoms in total. The van der Waals surface area contributed by atoms with Crippen LogP contribution in [0.5, 0.6) is 5.88 Å². The number of carbonyl (C=O) groups excluding carboxylic acids is 1. The molecule has 3 aromatic rings. The maximum absolute atomic E-state index is 14.1. The van der Waals surface area contributed by atoms with Gasteiger partial charge in [0, 0.05) is 17.3 Å². The summed E-state index contributed by atoms with van der Waals surface area (Å²) in [5.41, 5.74) is 2.97. The van der Waals surface area contributed by atoms with Gasteiger partial charge in [-0.15, -0.1) is 0 Å². The van der Waals surface area contributed by atoms with E-state index in [1.165, 1.54) is 37.4 Å². The van der Waals surface area contributed by atoms with E-state index >= 15 is 0 Å². The maximum atomic E-state index is 14.1. The number of hydrogen-bond donors (Lipinski definition) is 0. The molecule has 0 saturated heterocycles. The Morgan fingerprint density at radius 1 is 0.970 bits per heavy atom. The highest BCUT2D eigenvalue weighted by atomic mass is 19.3. The molecule has 1 aliphatic heterocycles. The summed E-state index contributed by atoms with van der Waals surface area (Å²) < 4.78 is 46.2. The molecule has 0 spiro atoms. The number of nitrogens with zero attached hydrogens (tertiary/aromatic N) is 3. The zero-order chi connectivity index (χ0) is 23.9. The number of halogens is 3. The molecular formula is C25H24F3N3O2. The van der Waals surface area contributed by atoms with Crippen LogP contribution in [0.25, 0.3) is 0 Å². The van der Waals surface area contributed by atoms with Crippen molar-refractivity contribution in [2.75, 3.05) is 23.6 Å². The Hall–Kier alpha value is -3.55. The average molecular weight is 455 g/mol. The second kappa shape index (κ2) is 8.77. The van der Waals surface area contributed by atoms with Crippen LogP contribution >= 0.6 is 0 Å². The molecule has 172 valence electrons. The maximum Gasteiger partial charge on any atom is 0.263 e. The number of methoxy groups -OCH3 is 1. The van der Waals surface area contributed by atoms with E-state index in [2.05, 4.69) is 4.98 Å². The molecule has 0 saturated carbocycles. The first kappa shape index (κ1) is 22.6. The summed E-state index contributed by atoms with van der Waals surface area (Å²) in [6, 6.07) is 11.8. The Balaban J connectivity index is 1.91. The average Bonchev–Trinajstić information content (AvgIpc) is 2.79. The number of pyridine rings is 1. The van der Waals surface area contributed by atoms with Crippen LogP contribution in [0, 0.1) is 12.7 Å². The molecule has 4 rings (SSSR count). The number of alkyl halides is 2. The Morgan fingerprint density at radius 2 is 1.70 bits per heavy atom. The molecule has 0 N–H and O–H groups in total. The quantitative estimate of drug-likeness (QED) is 0.449. The molecule has 1 amide bonds. The van der Waals surface area contributed by atoms with Crippen LogP contribution < -0.4 is 14.5 Å². The van der Waals surface area contributed by atoms with Crippen LogP contribution in [0.1, 0.15) is 53.4 Å². The van der Waals surface area contributed by atoms with Gasteiger partial charge in [0.05, 0.1) is 29.7 Å². The minimum Gasteiger partial charge on any atom is -0.481 e. The Bertz CT molecular complexity index is 1210. The predicted molar refractivity (Wildman–Crippen MR) is 121 cm³/mol. The number of amides is 1. The smallest absolute Gasteiger partial charge is 0.263 e. The van der Waals surface area contributed by atoms with Gasteiger partial charge >= 0.3 is 0 Å². The SMILES string of the molecule is COc1ccc(N2CN(c3ccc(F)cc3C(C)C)c3cc(C(F)F)ccc3C2=O)c(C)n1. The van der Waals surface area contributed by atoms with Gasteiger partial charge in [-0.1, -0.05) is 19.9 Å². The lowest BCUT2D eigenvalue weighted by atomic mass is 9.97. The van der Waals surface area contributed by atoms with E-state index < -0.39 is 6.43 Å². The van der Waals surface area contributed by atoms with E-state index in [4.69, 9.17) is 4.74 Å². The van der Waals surface area contributed by atoms with Gasteiger partial charge in [-0.25, -0.2) is 18.2 Å². The van der Waals surface area contributed by atoms with Crippen LogP contribution in [0.2, 0.25) is 0 Å². The molecule has 2 heterocycles. The summed E-state index contributed by atoms with van der Waals surface area (Å²) in [5.74, 6) is -0.331. The fourth-order valence-corrected chi connectivity index (χ4v) is 4.07. The number of aryl methyl sites for hydroxylation is 1. The zero-order valence-electron chi connectivity index (χ0n) is 18.8. The second-order valence-corrected chi connectivity index (χ2v) is 8.20. The van der Waals surface area contributed by atoms with Crippen molar-refractivity contribution < 1.29 is 22.7 Å². The zero-order valence-corrected chi connectivity index (χ0v) is 18.8. The molecule has 0 radical (unpaired) electrons. The lowest BCUT2D eigenvalue weighted by Gasteiger charge is -2.39. The second-order valence-electron chi connectivity index (χ2n) is 8.20. The van der Waals surface area contributed by atoms with Gasteiger partial charge in [-0.05, 0) is 54.8 Å². The van der Waals surface area contributed by atoms with E-state index in [9.17, 15) is 18.0 Å². The summed E-state index contributed by atoms with van der Waals surface area (Å²) in [6.07, 6.45) is -2.68. The Labute approximate surface area is 190 Å². The number of anilines is 3. The third-order valence-corrected chi connectivity index (χ3v) is 5.76. The van der Waals surface area contributed by atoms with Crippen LogP contribution in [0.15, 0.2) is 48.5 Å². The van der Waals surface area contributed by atoms with Crippen molar-refractivity contribution in [1.82, 2.24) is 4.98 Å². The summed E-state index contributed by atoms with van der Waals surface area (Å²) in [5, 5.41) is 0. The van der Waals surface area contributed by atoms with Gasteiger partial charge in [0.25, 0.3) is 12.3 Å². The molecule has 0 fully saturated rings. The van der Waals surface area contributed by atoms with Gasteiger partial charge in [-0.3, -0.25) is 9.69 Å². The highest BCUT2D eigenvalue weighted by Crippen LogP contribution is 2.41. The van der Waals surface area contributed by atoms with Crippen molar-refractivity contribution in [1.29, 1.82) is 0 Å². The van der Waals surface area contributed by atoms with Crippen molar-refractivity contribution in [2.24, 2.45) is 0 Å². The lowest BCUT2D eigenvalue weighted by Crippen LogP contribution is -2.45. The Morgan fingerprint density at radius 3 is 2.33 bits per heavy atom. The van der Waals surface area contributed by atoms with Gasteiger partial charge in [0.2, 0.25) is 5.88 Å². The number of benzene rings is 2. The number of fused-ring (bicyclic) bond motifs is 1. The minimum absolute atomic E-state index is 0.0344. The first-order chi connectivity index (χ1) is 15.7. The molecule has 1 aliphatic rings. The number of aromatic nitrogens is 1. The third kappa shape index (κ3) is 4.13. The number of hydrogen-bond acceptors (Lipinski definition) is 4. The summed E-state index contributed by atoms with van der Waals surface area (Å²) >= 11 is 0. The van der Waals surface area contributed by atoms with Gasteiger partial charge in [0.1, 0.15) is 12.5 Å². The van der Waals surface area contributed by atoms with E-state index in [0.29, 0.717) is 34.2 Å². The molecule has 0 atom stereocenters. The first-order valence-corrected chi connectivity index (χ1v) is 10.5. The van der Waals surface area contributed by atoms with E-state index in [-0.39, 0.29) is 35.4 Å². The topological polar surface area (TPSA) is 45.7 Å². The predicted octanol–water partition coefficient (Wildman–Crippen LogP) is 6.35. The lowest BCUT2D eigenvalue weighted by molar-refractivity contribution is 0.0982. The first-order valence-electron chi connectivity index (χ1n) is 10.5. The van der Waals surface area contributed by atoms with Gasteiger partial charge in [-0.2, -0.15) is 0 Å². The van der Waals surface area contributed by atoms with Crippen molar-refractivity contribution in [3.8, 4) is 5.88 Å². The minimum atomic E-state index is -2.68. The molecule has 0 bridgehead atoms. The van der Waals surface area contributed by atoms with Crippen molar-refractivity contribution in [3.63, 3.8) is 0 Å². The van der Waals surface area contributed by atoms with E-state index in [1.807, 2.05) is 13.8 Å². The van der Waals surface area contributed by atoms with Gasteiger partial charge in [0.15, 0.2) is 0 Å². The van der Waals surface area contributed by atoms with Crippen molar-refractivity contribution >= 4 is 23.0 Å². The Kier molecular flexibility index (Phi) is 6.01. The molecule has 2 aromatic carbocycles. The molecular weight excluding hydrogens is 431 g/mol. The fraction of sp³-hybridized carbons (Fsp3) is 0.280. The number of ether oxygens (including phenoxy) is 1. The number of carbonyl (C=O) groups is 1. The molecule has 8 heteroatoms. The van der Waals surface area contributed by atoms with Crippen LogP contribution in [0.3, 0.4) is 0 Å². The molecule has 1 aromatic heterocycles. The third-order valence-electron chi connectivity index (χ3n) is 5.76. The molecule has 33 heavy (non-hydrogen) atoms. The largest absolute Gasteiger partial charge is 0.481 e. The van der Waals surface area contributed by atoms with Crippen LogP contribution in [-0.4, -0.2) is 24.7 Å². The fourth-order valence-electron chi connectivity index (χ4n) is 4.07. The van der Waals surface area contributed by atoms with Crippen LogP contribution in [-0.2, 0) is 0 Å². The van der Waals surface area contributed by atoms with Crippen LogP contribution in [0.4, 0.5) is 30.2 Å². The van der Waals surface area contributed by atoms with Gasteiger partial charge < -0.3 is 9.64 Å². The summed E-state index contributed by atoms with van der Waals surface area (Å²) in [4.78, 5) is 21.1. The van der Waals surface area contributed by atoms with Crippen molar-refractivity contribution in [3.05, 3.63) is 76.7 Å². The normalized spacial score (nSPS) is 13.7. The van der Waals surface area contributed by atoms with E-state index in [0.717, 1.165) is 0 Å².